The van der Waals surface area contributed by atoms with Crippen molar-refractivity contribution in [1.82, 2.24) is 14.2 Å². The summed E-state index contributed by atoms with van der Waals surface area (Å²) in [4.78, 5) is 20.7. The minimum absolute atomic E-state index is 0.164. The fraction of sp³-hybridized carbons (Fsp3) is 0.273. The van der Waals surface area contributed by atoms with Crippen LogP contribution < -0.4 is 9.46 Å². The second kappa shape index (κ2) is 10.4. The molecule has 3 aromatic rings. The highest BCUT2D eigenvalue weighted by atomic mass is 32.2. The summed E-state index contributed by atoms with van der Waals surface area (Å²) >= 11 is 0. The quantitative estimate of drug-likeness (QED) is 0.464. The molecule has 1 aromatic heterocycles. The number of carbonyl (C=O) groups excluding carboxylic acids is 1. The third kappa shape index (κ3) is 6.16. The average molecular weight is 460 g/mol. The van der Waals surface area contributed by atoms with Crippen LogP contribution in [0.25, 0.3) is 11.5 Å². The molecule has 0 aliphatic carbocycles. The molecule has 9 nitrogen and oxygen atoms in total. The van der Waals surface area contributed by atoms with E-state index in [-0.39, 0.29) is 6.54 Å². The van der Waals surface area contributed by atoms with Crippen LogP contribution in [0.3, 0.4) is 0 Å². The third-order valence-corrected chi connectivity index (χ3v) is 5.74. The van der Waals surface area contributed by atoms with Gasteiger partial charge in [-0.25, -0.2) is 9.71 Å². The molecule has 0 spiro atoms. The van der Waals surface area contributed by atoms with E-state index in [1.165, 1.54) is 7.05 Å². The molecule has 0 atom stereocenters. The molecule has 10 heteroatoms. The van der Waals surface area contributed by atoms with Crippen LogP contribution >= 0.6 is 0 Å². The highest BCUT2D eigenvalue weighted by molar-refractivity contribution is 7.86. The number of aryl methyl sites for hydroxylation is 1. The lowest BCUT2D eigenvalue weighted by Crippen LogP contribution is -2.39. The monoisotopic (exact) mass is 459 g/mol. The van der Waals surface area contributed by atoms with E-state index in [9.17, 15) is 13.2 Å². The number of hydrogen-bond donors (Lipinski definition) is 1. The first-order chi connectivity index (χ1) is 15.3. The first-order valence-corrected chi connectivity index (χ1v) is 11.4. The number of nitrogens with one attached hydrogen (secondary N) is 1. The zero-order chi connectivity index (χ0) is 23.1. The van der Waals surface area contributed by atoms with Crippen molar-refractivity contribution in [2.45, 2.75) is 26.8 Å². The molecule has 2 aromatic carbocycles. The summed E-state index contributed by atoms with van der Waals surface area (Å²) in [7, 11) is -2.73. The summed E-state index contributed by atoms with van der Waals surface area (Å²) in [5, 5.41) is 0. The minimum atomic E-state index is -3.96. The van der Waals surface area contributed by atoms with Crippen molar-refractivity contribution in [2.24, 2.45) is 0 Å². The van der Waals surface area contributed by atoms with Crippen LogP contribution in [-0.2, 0) is 32.8 Å². The van der Waals surface area contributed by atoms with E-state index in [1.54, 1.807) is 24.3 Å². The molecule has 0 fully saturated rings. The van der Waals surface area contributed by atoms with Gasteiger partial charge in [0.05, 0.1) is 18.8 Å². The summed E-state index contributed by atoms with van der Waals surface area (Å²) in [6, 6.07) is 16.5. The van der Waals surface area contributed by atoms with E-state index in [1.807, 2.05) is 37.3 Å². The molecule has 0 aliphatic heterocycles. The highest BCUT2D eigenvalue weighted by Gasteiger charge is 2.24. The zero-order valence-electron chi connectivity index (χ0n) is 18.1. The molecule has 1 N–H and O–H groups in total. The molecule has 32 heavy (non-hydrogen) atoms. The Morgan fingerprint density at radius 1 is 1.16 bits per heavy atom. The lowest BCUT2D eigenvalue weighted by atomic mass is 10.2. The van der Waals surface area contributed by atoms with Gasteiger partial charge in [0.25, 0.3) is 0 Å². The molecule has 1 heterocycles. The Hall–Kier alpha value is -3.21. The van der Waals surface area contributed by atoms with Crippen LogP contribution in [-0.4, -0.2) is 37.5 Å². The maximum atomic E-state index is 12.1. The maximum Gasteiger partial charge on any atom is 0.323 e. The lowest BCUT2D eigenvalue weighted by Gasteiger charge is -2.19. The van der Waals surface area contributed by atoms with E-state index in [0.29, 0.717) is 34.7 Å². The number of oxazole rings is 1. The Labute approximate surface area is 187 Å². The molecule has 0 aliphatic rings. The second-order valence-corrected chi connectivity index (χ2v) is 8.65. The largest absolute Gasteiger partial charge is 0.493 e. The van der Waals surface area contributed by atoms with E-state index in [4.69, 9.17) is 14.0 Å². The van der Waals surface area contributed by atoms with Gasteiger partial charge >= 0.3 is 16.2 Å². The second-order valence-electron chi connectivity index (χ2n) is 6.89. The van der Waals surface area contributed by atoms with E-state index >= 15 is 0 Å². The van der Waals surface area contributed by atoms with Crippen LogP contribution in [0.15, 0.2) is 59.0 Å². The molecular weight excluding hydrogens is 434 g/mol. The maximum absolute atomic E-state index is 12.1. The predicted octanol–water partition coefficient (Wildman–Crippen LogP) is 3.02. The van der Waals surface area contributed by atoms with E-state index < -0.39 is 16.2 Å². The van der Waals surface area contributed by atoms with Crippen molar-refractivity contribution in [3.8, 4) is 17.2 Å². The number of rotatable bonds is 10. The normalized spacial score (nSPS) is 11.5. The SMILES string of the molecule is CNS(=O)(=O)N(Cc1cccc(OCCc2nc(-c3ccccc3)oc2C)c1)OC(C)=O. The number of benzene rings is 2. The summed E-state index contributed by atoms with van der Waals surface area (Å²) < 4.78 is 38.5. The average Bonchev–Trinajstić information content (AvgIpc) is 3.14. The van der Waals surface area contributed by atoms with E-state index in [0.717, 1.165) is 23.9 Å². The third-order valence-electron chi connectivity index (χ3n) is 4.49. The fourth-order valence-corrected chi connectivity index (χ4v) is 3.65. The standard InChI is InChI=1S/C22H25N3O6S/c1-16-21(24-22(30-16)19-9-5-4-6-10-19)12-13-29-20-11-7-8-18(14-20)15-25(31-17(2)26)32(27,28)23-3/h4-11,14,23H,12-13,15H2,1-3H3. The summed E-state index contributed by atoms with van der Waals surface area (Å²) in [6.07, 6.45) is 0.542. The Morgan fingerprint density at radius 2 is 1.91 bits per heavy atom. The van der Waals surface area contributed by atoms with Crippen molar-refractivity contribution >= 4 is 16.2 Å². The number of ether oxygens (including phenoxy) is 1. The van der Waals surface area contributed by atoms with Gasteiger partial charge in [-0.3, -0.25) is 4.79 Å². The minimum Gasteiger partial charge on any atom is -0.493 e. The van der Waals surface area contributed by atoms with Gasteiger partial charge in [0.15, 0.2) is 0 Å². The molecule has 3 rings (SSSR count). The Morgan fingerprint density at radius 3 is 2.59 bits per heavy atom. The van der Waals surface area contributed by atoms with Crippen LogP contribution in [0.1, 0.15) is 23.9 Å². The smallest absolute Gasteiger partial charge is 0.323 e. The molecular formula is C22H25N3O6S. The van der Waals surface area contributed by atoms with Gasteiger partial charge < -0.3 is 14.0 Å². The Balaban J connectivity index is 1.63. The fourth-order valence-electron chi connectivity index (χ4n) is 2.92. The van der Waals surface area contributed by atoms with Gasteiger partial charge in [0.2, 0.25) is 5.89 Å². The first-order valence-electron chi connectivity index (χ1n) is 9.91. The van der Waals surface area contributed by atoms with Crippen LogP contribution in [0.2, 0.25) is 0 Å². The molecule has 0 saturated carbocycles. The molecule has 0 saturated heterocycles. The van der Waals surface area contributed by atoms with Crippen LogP contribution in [0.4, 0.5) is 0 Å². The number of aromatic nitrogens is 1. The first kappa shape index (κ1) is 23.5. The summed E-state index contributed by atoms with van der Waals surface area (Å²) in [5.41, 5.74) is 2.30. The molecule has 0 radical (unpaired) electrons. The topological polar surface area (TPSA) is 111 Å². The van der Waals surface area contributed by atoms with Crippen molar-refractivity contribution in [3.63, 3.8) is 0 Å². The molecule has 0 unspecified atom stereocenters. The Kier molecular flexibility index (Phi) is 7.62. The van der Waals surface area contributed by atoms with Gasteiger partial charge in [-0.2, -0.15) is 8.42 Å². The number of nitrogens with zero attached hydrogens (tertiary/aromatic N) is 2. The number of carbonyl (C=O) groups is 1. The van der Waals surface area contributed by atoms with Crippen LogP contribution in [0, 0.1) is 6.92 Å². The molecule has 170 valence electrons. The summed E-state index contributed by atoms with van der Waals surface area (Å²) in [6.45, 7) is 3.18. The highest BCUT2D eigenvalue weighted by Crippen LogP contribution is 2.22. The number of hydroxylamine groups is 1. The number of hydrogen-bond acceptors (Lipinski definition) is 7. The van der Waals surface area contributed by atoms with Crippen molar-refractivity contribution < 1.29 is 27.2 Å². The summed E-state index contributed by atoms with van der Waals surface area (Å²) in [5.74, 6) is 1.11. The van der Waals surface area contributed by atoms with Crippen LogP contribution in [0.5, 0.6) is 5.75 Å². The van der Waals surface area contributed by atoms with Crippen molar-refractivity contribution in [3.05, 3.63) is 71.6 Å². The van der Waals surface area contributed by atoms with Gasteiger partial charge in [0.1, 0.15) is 11.5 Å². The van der Waals surface area contributed by atoms with Crippen molar-refractivity contribution in [1.29, 1.82) is 0 Å². The molecule has 0 amide bonds. The zero-order valence-corrected chi connectivity index (χ0v) is 18.9. The molecule has 0 bridgehead atoms. The lowest BCUT2D eigenvalue weighted by molar-refractivity contribution is -0.168. The van der Waals surface area contributed by atoms with Gasteiger partial charge in [-0.1, -0.05) is 30.3 Å². The van der Waals surface area contributed by atoms with Crippen molar-refractivity contribution in [2.75, 3.05) is 13.7 Å². The van der Waals surface area contributed by atoms with Gasteiger partial charge in [-0.15, -0.1) is 0 Å². The van der Waals surface area contributed by atoms with E-state index in [2.05, 4.69) is 9.71 Å². The predicted molar refractivity (Wildman–Crippen MR) is 118 cm³/mol. The Bertz CT molecular complexity index is 1160. The van der Waals surface area contributed by atoms with Gasteiger partial charge in [-0.05, 0) is 41.2 Å². The van der Waals surface area contributed by atoms with Gasteiger partial charge in [0, 0.05) is 26.0 Å².